The van der Waals surface area contributed by atoms with Gasteiger partial charge in [0.25, 0.3) is 5.91 Å². The van der Waals surface area contributed by atoms with Gasteiger partial charge in [0, 0.05) is 18.5 Å². The molecule has 0 aromatic carbocycles. The van der Waals surface area contributed by atoms with Crippen LogP contribution in [-0.4, -0.2) is 34.1 Å². The smallest absolute Gasteiger partial charge is 0.396 e. The van der Waals surface area contributed by atoms with Crippen LogP contribution in [0.2, 0.25) is 0 Å². The van der Waals surface area contributed by atoms with Crippen LogP contribution in [-0.2, 0) is 6.18 Å². The highest BCUT2D eigenvalue weighted by Gasteiger charge is 2.37. The number of aliphatic hydroxyl groups is 1. The second kappa shape index (κ2) is 6.77. The Kier molecular flexibility index (Phi) is 5.13. The lowest BCUT2D eigenvalue weighted by atomic mass is 10.1. The fraction of sp³-hybridized carbons (Fsp3) is 0.308. The minimum Gasteiger partial charge on any atom is -0.396 e. The fourth-order valence-corrected chi connectivity index (χ4v) is 2.70. The van der Waals surface area contributed by atoms with Crippen molar-refractivity contribution in [3.8, 4) is 0 Å². The molecule has 0 radical (unpaired) electrons. The van der Waals surface area contributed by atoms with Gasteiger partial charge >= 0.3 is 6.18 Å². The fourth-order valence-electron chi connectivity index (χ4n) is 2.03. The quantitative estimate of drug-likeness (QED) is 0.560. The molecule has 0 atom stereocenters. The molecule has 0 saturated carbocycles. The van der Waals surface area contributed by atoms with Gasteiger partial charge in [0.05, 0.1) is 15.7 Å². The molecule has 0 spiro atoms. The third-order valence-electron chi connectivity index (χ3n) is 3.12. The molecular weight excluding hydrogens is 395 g/mol. The predicted molar refractivity (Wildman–Crippen MR) is 85.4 cm³/mol. The number of halogens is 4. The molecule has 0 aliphatic heterocycles. The lowest BCUT2D eigenvalue weighted by Gasteiger charge is -2.16. The number of pyridine rings is 2. The molecule has 6 N–H and O–H groups in total. The number of nitrogens with one attached hydrogen (secondary N) is 1. The van der Waals surface area contributed by atoms with Crippen molar-refractivity contribution in [1.82, 2.24) is 9.97 Å². The first-order valence-corrected chi connectivity index (χ1v) is 7.47. The normalized spacial score (nSPS) is 11.7. The van der Waals surface area contributed by atoms with Crippen LogP contribution in [0.15, 0.2) is 10.5 Å². The first-order valence-electron chi connectivity index (χ1n) is 6.68. The number of nitrogens with two attached hydrogens (primary N) is 2. The van der Waals surface area contributed by atoms with Crippen molar-refractivity contribution in [3.05, 3.63) is 21.8 Å². The largest absolute Gasteiger partial charge is 0.434 e. The van der Waals surface area contributed by atoms with Gasteiger partial charge in [-0.15, -0.1) is 0 Å². The molecule has 0 saturated heterocycles. The highest BCUT2D eigenvalue weighted by molar-refractivity contribution is 9.10. The zero-order valence-electron chi connectivity index (χ0n) is 12.1. The monoisotopic (exact) mass is 407 g/mol. The number of hydrogen-bond acceptors (Lipinski definition) is 6. The molecule has 2 heterocycles. The molecule has 0 aliphatic rings. The SMILES string of the molecule is NC(=O)c1cc2c(NCCCO)c(Br)c(C(F)(F)F)nc2nc1N. The van der Waals surface area contributed by atoms with E-state index in [4.69, 9.17) is 16.6 Å². The van der Waals surface area contributed by atoms with E-state index < -0.39 is 17.8 Å². The number of fused-ring (bicyclic) bond motifs is 1. The number of carbonyl (C=O) groups is 1. The highest BCUT2D eigenvalue weighted by Crippen LogP contribution is 2.40. The van der Waals surface area contributed by atoms with Crippen LogP contribution in [0.1, 0.15) is 22.5 Å². The molecule has 0 unspecified atom stereocenters. The van der Waals surface area contributed by atoms with Gasteiger partial charge in [-0.25, -0.2) is 9.97 Å². The van der Waals surface area contributed by atoms with Gasteiger partial charge in [-0.05, 0) is 28.4 Å². The van der Waals surface area contributed by atoms with E-state index in [1.54, 1.807) is 0 Å². The molecule has 0 bridgehead atoms. The van der Waals surface area contributed by atoms with E-state index in [0.29, 0.717) is 6.42 Å². The van der Waals surface area contributed by atoms with Crippen LogP contribution in [0, 0.1) is 0 Å². The summed E-state index contributed by atoms with van der Waals surface area (Å²) in [6, 6.07) is 1.24. The summed E-state index contributed by atoms with van der Waals surface area (Å²) in [5.41, 5.74) is 9.20. The predicted octanol–water partition coefficient (Wildman–Crippen LogP) is 1.89. The standard InChI is InChI=1S/C13H13BrF3N5O2/c14-7-8(20-2-1-3-23)5-4-6(11(19)24)10(18)22-12(5)21-9(7)13(15,16)17/h4,23H,1-3H2,(H2,19,24)(H3,18,20,21,22). The van der Waals surface area contributed by atoms with E-state index in [-0.39, 0.29) is 45.7 Å². The number of aromatic nitrogens is 2. The lowest BCUT2D eigenvalue weighted by Crippen LogP contribution is -2.17. The maximum absolute atomic E-state index is 13.2. The minimum atomic E-state index is -4.72. The average Bonchev–Trinajstić information content (AvgIpc) is 2.47. The Bertz CT molecular complexity index is 797. The number of anilines is 2. The van der Waals surface area contributed by atoms with Crippen molar-refractivity contribution in [2.75, 3.05) is 24.2 Å². The zero-order valence-corrected chi connectivity index (χ0v) is 13.7. The molecule has 24 heavy (non-hydrogen) atoms. The van der Waals surface area contributed by atoms with Gasteiger partial charge in [0.2, 0.25) is 0 Å². The van der Waals surface area contributed by atoms with Gasteiger partial charge in [-0.2, -0.15) is 13.2 Å². The van der Waals surface area contributed by atoms with Gasteiger partial charge in [-0.3, -0.25) is 4.79 Å². The summed E-state index contributed by atoms with van der Waals surface area (Å²) in [4.78, 5) is 18.6. The third-order valence-corrected chi connectivity index (χ3v) is 3.89. The topological polar surface area (TPSA) is 127 Å². The Morgan fingerprint density at radius 2 is 2.04 bits per heavy atom. The molecular formula is C13H13BrF3N5O2. The summed E-state index contributed by atoms with van der Waals surface area (Å²) in [5, 5.41) is 11.8. The Morgan fingerprint density at radius 1 is 1.38 bits per heavy atom. The molecule has 7 nitrogen and oxygen atoms in total. The number of rotatable bonds is 5. The Morgan fingerprint density at radius 3 is 2.58 bits per heavy atom. The Balaban J connectivity index is 2.76. The van der Waals surface area contributed by atoms with Crippen molar-refractivity contribution < 1.29 is 23.1 Å². The van der Waals surface area contributed by atoms with Crippen LogP contribution in [0.5, 0.6) is 0 Å². The average molecular weight is 408 g/mol. The van der Waals surface area contributed by atoms with E-state index in [1.165, 1.54) is 6.07 Å². The minimum absolute atomic E-state index is 0.0378. The molecule has 2 aromatic heterocycles. The zero-order chi connectivity index (χ0) is 18.1. The molecule has 130 valence electrons. The van der Waals surface area contributed by atoms with Crippen molar-refractivity contribution in [2.24, 2.45) is 5.73 Å². The van der Waals surface area contributed by atoms with E-state index in [1.807, 2.05) is 0 Å². The van der Waals surface area contributed by atoms with Crippen molar-refractivity contribution in [2.45, 2.75) is 12.6 Å². The van der Waals surface area contributed by atoms with Gasteiger partial charge < -0.3 is 21.9 Å². The number of nitrogen functional groups attached to an aromatic ring is 1. The number of nitrogens with zero attached hydrogens (tertiary/aromatic N) is 2. The number of carbonyl (C=O) groups excluding carboxylic acids is 1. The summed E-state index contributed by atoms with van der Waals surface area (Å²) >= 11 is 2.89. The van der Waals surface area contributed by atoms with Crippen LogP contribution in [0.25, 0.3) is 11.0 Å². The summed E-state index contributed by atoms with van der Waals surface area (Å²) in [5.74, 6) is -1.17. The van der Waals surface area contributed by atoms with Crippen LogP contribution < -0.4 is 16.8 Å². The summed E-state index contributed by atoms with van der Waals surface area (Å²) in [7, 11) is 0. The van der Waals surface area contributed by atoms with E-state index in [9.17, 15) is 18.0 Å². The van der Waals surface area contributed by atoms with Crippen LogP contribution in [0.3, 0.4) is 0 Å². The molecule has 2 rings (SSSR count). The maximum Gasteiger partial charge on any atom is 0.434 e. The summed E-state index contributed by atoms with van der Waals surface area (Å²) in [6.45, 7) is 0.0549. The Labute approximate surface area is 142 Å². The molecule has 1 amide bonds. The highest BCUT2D eigenvalue weighted by atomic mass is 79.9. The summed E-state index contributed by atoms with van der Waals surface area (Å²) < 4.78 is 39.1. The number of alkyl halides is 3. The molecule has 11 heteroatoms. The van der Waals surface area contributed by atoms with E-state index in [0.717, 1.165) is 0 Å². The van der Waals surface area contributed by atoms with Crippen molar-refractivity contribution >= 4 is 44.4 Å². The maximum atomic E-state index is 13.2. The lowest BCUT2D eigenvalue weighted by molar-refractivity contribution is -0.141. The summed E-state index contributed by atoms with van der Waals surface area (Å²) in [6.07, 6.45) is -4.41. The number of hydrogen-bond donors (Lipinski definition) is 4. The van der Waals surface area contributed by atoms with Gasteiger partial charge in [0.15, 0.2) is 11.3 Å². The third kappa shape index (κ3) is 3.51. The molecule has 0 aliphatic carbocycles. The van der Waals surface area contributed by atoms with Crippen LogP contribution >= 0.6 is 15.9 Å². The second-order valence-corrected chi connectivity index (χ2v) is 5.60. The van der Waals surface area contributed by atoms with E-state index >= 15 is 0 Å². The van der Waals surface area contributed by atoms with Gasteiger partial charge in [0.1, 0.15) is 5.82 Å². The first-order chi connectivity index (χ1) is 11.2. The van der Waals surface area contributed by atoms with E-state index in [2.05, 4.69) is 31.2 Å². The number of amides is 1. The Hall–Kier alpha value is -2.14. The van der Waals surface area contributed by atoms with Crippen molar-refractivity contribution in [1.29, 1.82) is 0 Å². The molecule has 0 fully saturated rings. The first kappa shape index (κ1) is 18.2. The number of aliphatic hydroxyl groups excluding tert-OH is 1. The second-order valence-electron chi connectivity index (χ2n) is 4.81. The van der Waals surface area contributed by atoms with Crippen LogP contribution in [0.4, 0.5) is 24.7 Å². The number of primary amides is 1. The van der Waals surface area contributed by atoms with Crippen molar-refractivity contribution in [3.63, 3.8) is 0 Å². The molecule has 2 aromatic rings. The van der Waals surface area contributed by atoms with Gasteiger partial charge in [-0.1, -0.05) is 0 Å².